The normalized spacial score (nSPS) is 14.2. The first-order valence-electron chi connectivity index (χ1n) is 9.50. The average Bonchev–Trinajstić information content (AvgIpc) is 3.40. The highest BCUT2D eigenvalue weighted by molar-refractivity contribution is 7.99. The van der Waals surface area contributed by atoms with E-state index in [0.29, 0.717) is 0 Å². The summed E-state index contributed by atoms with van der Waals surface area (Å²) in [5, 5.41) is 10.8. The van der Waals surface area contributed by atoms with E-state index in [-0.39, 0.29) is 28.3 Å². The maximum Gasteiger partial charge on any atom is 0.277 e. The zero-order valence-corrected chi connectivity index (χ0v) is 16.6. The Hall–Kier alpha value is -2.71. The van der Waals surface area contributed by atoms with Crippen molar-refractivity contribution in [3.63, 3.8) is 0 Å². The molecule has 1 aromatic heterocycles. The third-order valence-corrected chi connectivity index (χ3v) is 5.50. The van der Waals surface area contributed by atoms with E-state index in [4.69, 9.17) is 4.42 Å². The summed E-state index contributed by atoms with van der Waals surface area (Å²) in [4.78, 5) is 14.6. The predicted octanol–water partition coefficient (Wildman–Crippen LogP) is 4.20. The minimum Gasteiger partial charge on any atom is -0.411 e. The molecule has 2 aromatic carbocycles. The average molecular weight is 412 g/mol. The number of carbonyl (C=O) groups excluding carboxylic acids is 1. The third-order valence-electron chi connectivity index (χ3n) is 4.68. The Morgan fingerprint density at radius 2 is 1.86 bits per heavy atom. The molecule has 1 saturated heterocycles. The van der Waals surface area contributed by atoms with Crippen LogP contribution in [0.4, 0.5) is 10.1 Å². The van der Waals surface area contributed by atoms with Crippen molar-refractivity contribution in [3.8, 4) is 11.5 Å². The van der Waals surface area contributed by atoms with Gasteiger partial charge in [0.05, 0.1) is 11.3 Å². The van der Waals surface area contributed by atoms with E-state index in [1.165, 1.54) is 24.5 Å². The van der Waals surface area contributed by atoms with Gasteiger partial charge in [-0.15, -0.1) is 10.2 Å². The van der Waals surface area contributed by atoms with Gasteiger partial charge in [0, 0.05) is 12.2 Å². The summed E-state index contributed by atoms with van der Waals surface area (Å²) in [5.41, 5.74) is 2.23. The van der Waals surface area contributed by atoms with Crippen LogP contribution < -0.4 is 5.32 Å². The lowest BCUT2D eigenvalue weighted by atomic mass is 10.2. The second kappa shape index (κ2) is 9.19. The van der Waals surface area contributed by atoms with E-state index in [0.717, 1.165) is 37.1 Å². The lowest BCUT2D eigenvalue weighted by molar-refractivity contribution is -0.113. The smallest absolute Gasteiger partial charge is 0.277 e. The SMILES string of the molecule is O=C(CSc1nnc(-c2ccccc2F)o1)Nc1ccc(CN2CCCC2)cc1. The molecule has 0 aliphatic carbocycles. The number of nitrogens with one attached hydrogen (secondary N) is 1. The first kappa shape index (κ1) is 19.6. The van der Waals surface area contributed by atoms with Crippen LogP contribution in [-0.2, 0) is 11.3 Å². The van der Waals surface area contributed by atoms with Crippen molar-refractivity contribution < 1.29 is 13.6 Å². The molecular weight excluding hydrogens is 391 g/mol. The zero-order valence-electron chi connectivity index (χ0n) is 15.8. The van der Waals surface area contributed by atoms with Gasteiger partial charge in [-0.2, -0.15) is 0 Å². The van der Waals surface area contributed by atoms with E-state index < -0.39 is 5.82 Å². The third kappa shape index (κ3) is 5.21. The zero-order chi connectivity index (χ0) is 20.1. The van der Waals surface area contributed by atoms with Crippen LogP contribution in [0.3, 0.4) is 0 Å². The molecule has 2 heterocycles. The van der Waals surface area contributed by atoms with Crippen LogP contribution in [-0.4, -0.2) is 39.8 Å². The first-order chi connectivity index (χ1) is 14.2. The maximum atomic E-state index is 13.8. The highest BCUT2D eigenvalue weighted by atomic mass is 32.2. The second-order valence-electron chi connectivity index (χ2n) is 6.87. The number of aromatic nitrogens is 2. The highest BCUT2D eigenvalue weighted by Gasteiger charge is 2.14. The molecule has 1 amide bonds. The molecule has 0 spiro atoms. The molecule has 29 heavy (non-hydrogen) atoms. The van der Waals surface area contributed by atoms with E-state index in [9.17, 15) is 9.18 Å². The summed E-state index contributed by atoms with van der Waals surface area (Å²) in [6.07, 6.45) is 2.54. The molecule has 1 N–H and O–H groups in total. The van der Waals surface area contributed by atoms with Gasteiger partial charge in [0.25, 0.3) is 11.1 Å². The minimum absolute atomic E-state index is 0.0969. The van der Waals surface area contributed by atoms with Gasteiger partial charge in [-0.3, -0.25) is 9.69 Å². The van der Waals surface area contributed by atoms with Gasteiger partial charge in [0.15, 0.2) is 0 Å². The number of hydrogen-bond donors (Lipinski definition) is 1. The Bertz CT molecular complexity index is 971. The van der Waals surface area contributed by atoms with Crippen molar-refractivity contribution >= 4 is 23.4 Å². The topological polar surface area (TPSA) is 71.3 Å². The Morgan fingerprint density at radius 3 is 2.62 bits per heavy atom. The lowest BCUT2D eigenvalue weighted by Crippen LogP contribution is -2.18. The molecule has 0 atom stereocenters. The van der Waals surface area contributed by atoms with E-state index in [1.54, 1.807) is 18.2 Å². The van der Waals surface area contributed by atoms with Gasteiger partial charge < -0.3 is 9.73 Å². The summed E-state index contributed by atoms with van der Waals surface area (Å²) >= 11 is 1.11. The van der Waals surface area contributed by atoms with Gasteiger partial charge in [0.1, 0.15) is 5.82 Å². The number of rotatable bonds is 7. The molecule has 150 valence electrons. The van der Waals surface area contributed by atoms with Crippen LogP contribution in [0.15, 0.2) is 58.2 Å². The van der Waals surface area contributed by atoms with Crippen molar-refractivity contribution in [2.24, 2.45) is 0 Å². The number of thioether (sulfide) groups is 1. The number of halogens is 1. The van der Waals surface area contributed by atoms with Crippen LogP contribution >= 0.6 is 11.8 Å². The molecule has 6 nitrogen and oxygen atoms in total. The first-order valence-corrected chi connectivity index (χ1v) is 10.5. The summed E-state index contributed by atoms with van der Waals surface area (Å²) in [6.45, 7) is 3.26. The van der Waals surface area contributed by atoms with Gasteiger partial charge in [-0.1, -0.05) is 36.0 Å². The molecule has 4 rings (SSSR count). The van der Waals surface area contributed by atoms with Crippen molar-refractivity contribution in [1.82, 2.24) is 15.1 Å². The standard InChI is InChI=1S/C21H21FN4O2S/c22-18-6-2-1-5-17(18)20-24-25-21(28-20)29-14-19(27)23-16-9-7-15(8-10-16)13-26-11-3-4-12-26/h1-2,5-10H,3-4,11-14H2,(H,23,27). The fourth-order valence-corrected chi connectivity index (χ4v) is 3.79. The van der Waals surface area contributed by atoms with Crippen molar-refractivity contribution in [2.45, 2.75) is 24.6 Å². The van der Waals surface area contributed by atoms with E-state index >= 15 is 0 Å². The number of benzene rings is 2. The van der Waals surface area contributed by atoms with Crippen LogP contribution in [0.25, 0.3) is 11.5 Å². The minimum atomic E-state index is -0.432. The molecule has 1 aliphatic rings. The van der Waals surface area contributed by atoms with Gasteiger partial charge in [0.2, 0.25) is 5.91 Å². The fourth-order valence-electron chi connectivity index (χ4n) is 3.23. The highest BCUT2D eigenvalue weighted by Crippen LogP contribution is 2.25. The summed E-state index contributed by atoms with van der Waals surface area (Å²) in [5.74, 6) is -0.389. The fraction of sp³-hybridized carbons (Fsp3) is 0.286. The molecule has 0 radical (unpaired) electrons. The van der Waals surface area contributed by atoms with E-state index in [1.807, 2.05) is 24.3 Å². The van der Waals surface area contributed by atoms with Crippen LogP contribution in [0.5, 0.6) is 0 Å². The predicted molar refractivity (Wildman–Crippen MR) is 110 cm³/mol. The molecule has 3 aromatic rings. The van der Waals surface area contributed by atoms with Crippen LogP contribution in [0, 0.1) is 5.82 Å². The summed E-state index contributed by atoms with van der Waals surface area (Å²) in [6, 6.07) is 14.1. The number of hydrogen-bond acceptors (Lipinski definition) is 6. The largest absolute Gasteiger partial charge is 0.411 e. The van der Waals surface area contributed by atoms with Crippen molar-refractivity contribution in [1.29, 1.82) is 0 Å². The molecule has 1 aliphatic heterocycles. The Balaban J connectivity index is 1.27. The van der Waals surface area contributed by atoms with Gasteiger partial charge >= 0.3 is 0 Å². The Kier molecular flexibility index (Phi) is 6.21. The number of anilines is 1. The number of likely N-dealkylation sites (tertiary alicyclic amines) is 1. The lowest BCUT2D eigenvalue weighted by Gasteiger charge is -2.14. The quantitative estimate of drug-likeness (QED) is 0.587. The molecule has 0 saturated carbocycles. The summed E-state index contributed by atoms with van der Waals surface area (Å²) < 4.78 is 19.2. The Labute approximate surface area is 172 Å². The van der Waals surface area contributed by atoms with Crippen molar-refractivity contribution in [2.75, 3.05) is 24.2 Å². The number of amides is 1. The molecule has 1 fully saturated rings. The molecule has 0 unspecified atom stereocenters. The number of nitrogens with zero attached hydrogens (tertiary/aromatic N) is 3. The molecule has 0 bridgehead atoms. The van der Waals surface area contributed by atoms with Crippen molar-refractivity contribution in [3.05, 3.63) is 59.9 Å². The van der Waals surface area contributed by atoms with Crippen LogP contribution in [0.1, 0.15) is 18.4 Å². The van der Waals surface area contributed by atoms with Crippen LogP contribution in [0.2, 0.25) is 0 Å². The van der Waals surface area contributed by atoms with Gasteiger partial charge in [-0.25, -0.2) is 4.39 Å². The second-order valence-corrected chi connectivity index (χ2v) is 7.80. The molecular formula is C21H21FN4O2S. The Morgan fingerprint density at radius 1 is 1.10 bits per heavy atom. The number of carbonyl (C=O) groups is 1. The summed E-state index contributed by atoms with van der Waals surface area (Å²) in [7, 11) is 0. The molecule has 8 heteroatoms. The van der Waals surface area contributed by atoms with Gasteiger partial charge in [-0.05, 0) is 55.8 Å². The maximum absolute atomic E-state index is 13.8. The van der Waals surface area contributed by atoms with E-state index in [2.05, 4.69) is 20.4 Å². The monoisotopic (exact) mass is 412 g/mol.